The molecule has 2 rings (SSSR count). The number of anilines is 2. The van der Waals surface area contributed by atoms with Crippen molar-refractivity contribution in [3.05, 3.63) is 35.7 Å². The molecule has 20 heavy (non-hydrogen) atoms. The molecule has 1 aromatic carbocycles. The van der Waals surface area contributed by atoms with E-state index in [2.05, 4.69) is 15.4 Å². The number of hydrogen-bond acceptors (Lipinski definition) is 4. The van der Waals surface area contributed by atoms with Gasteiger partial charge in [-0.3, -0.25) is 4.79 Å². The summed E-state index contributed by atoms with van der Waals surface area (Å²) >= 11 is 0. The number of hydrogen-bond donors (Lipinski definition) is 2. The first-order chi connectivity index (χ1) is 9.45. The topological polar surface area (TPSA) is 85.8 Å². The van der Waals surface area contributed by atoms with E-state index in [0.29, 0.717) is 18.1 Å². The van der Waals surface area contributed by atoms with Gasteiger partial charge in [-0.1, -0.05) is 0 Å². The van der Waals surface area contributed by atoms with Crippen LogP contribution in [-0.2, 0) is 11.3 Å². The number of carbonyl (C=O) groups is 1. The van der Waals surface area contributed by atoms with Gasteiger partial charge in [0.25, 0.3) is 0 Å². The van der Waals surface area contributed by atoms with Crippen molar-refractivity contribution in [1.82, 2.24) is 14.8 Å². The third-order valence-electron chi connectivity index (χ3n) is 2.78. The van der Waals surface area contributed by atoms with Crippen LogP contribution >= 0.6 is 0 Å². The van der Waals surface area contributed by atoms with E-state index in [9.17, 15) is 9.18 Å². The summed E-state index contributed by atoms with van der Waals surface area (Å²) in [7, 11) is 0. The average molecular weight is 277 g/mol. The zero-order chi connectivity index (χ0) is 14.7. The first kappa shape index (κ1) is 14.0. The first-order valence-corrected chi connectivity index (χ1v) is 6.18. The molecule has 1 heterocycles. The zero-order valence-electron chi connectivity index (χ0n) is 11.4. The van der Waals surface area contributed by atoms with E-state index in [1.165, 1.54) is 18.2 Å². The number of nitrogens with one attached hydrogen (secondary N) is 1. The molecule has 0 saturated carbocycles. The summed E-state index contributed by atoms with van der Waals surface area (Å²) < 4.78 is 15.1. The molecule has 7 heteroatoms. The van der Waals surface area contributed by atoms with Crippen molar-refractivity contribution in [1.29, 1.82) is 0 Å². The Bertz CT molecular complexity index is 638. The minimum atomic E-state index is -0.514. The number of halogens is 1. The number of nitrogens with two attached hydrogens (primary N) is 1. The Balaban J connectivity index is 1.96. The molecule has 0 saturated heterocycles. The van der Waals surface area contributed by atoms with Crippen LogP contribution in [0, 0.1) is 19.7 Å². The number of aromatic nitrogens is 3. The highest BCUT2D eigenvalue weighted by molar-refractivity contribution is 5.91. The fourth-order valence-corrected chi connectivity index (χ4v) is 1.83. The lowest BCUT2D eigenvalue weighted by Crippen LogP contribution is -2.16. The fourth-order valence-electron chi connectivity index (χ4n) is 1.83. The van der Waals surface area contributed by atoms with Crippen LogP contribution in [0.1, 0.15) is 18.1 Å². The average Bonchev–Trinajstić information content (AvgIpc) is 2.70. The lowest BCUT2D eigenvalue weighted by Gasteiger charge is -2.07. The van der Waals surface area contributed by atoms with Crippen LogP contribution in [0.3, 0.4) is 0 Å². The number of rotatable bonds is 4. The predicted octanol–water partition coefficient (Wildman–Crippen LogP) is 1.65. The Morgan fingerprint density at radius 3 is 2.85 bits per heavy atom. The Labute approximate surface area is 115 Å². The van der Waals surface area contributed by atoms with Crippen molar-refractivity contribution in [2.75, 3.05) is 11.1 Å². The molecule has 0 radical (unpaired) electrons. The minimum Gasteiger partial charge on any atom is -0.399 e. The van der Waals surface area contributed by atoms with Crippen LogP contribution in [0.5, 0.6) is 0 Å². The normalized spacial score (nSPS) is 10.6. The molecular weight excluding hydrogens is 261 g/mol. The monoisotopic (exact) mass is 277 g/mol. The summed E-state index contributed by atoms with van der Waals surface area (Å²) in [6.07, 6.45) is 0.178. The van der Waals surface area contributed by atoms with Crippen molar-refractivity contribution in [2.45, 2.75) is 26.8 Å². The van der Waals surface area contributed by atoms with Gasteiger partial charge in [0.1, 0.15) is 17.5 Å². The van der Waals surface area contributed by atoms with Gasteiger partial charge in [0.05, 0.1) is 12.2 Å². The van der Waals surface area contributed by atoms with Gasteiger partial charge < -0.3 is 11.1 Å². The molecule has 1 aromatic heterocycles. The van der Waals surface area contributed by atoms with Gasteiger partial charge in [0, 0.05) is 12.1 Å². The highest BCUT2D eigenvalue weighted by Crippen LogP contribution is 2.17. The summed E-state index contributed by atoms with van der Waals surface area (Å²) in [6.45, 7) is 3.99. The minimum absolute atomic E-state index is 0.0847. The second-order valence-corrected chi connectivity index (χ2v) is 4.47. The maximum absolute atomic E-state index is 13.5. The fraction of sp³-hybridized carbons (Fsp3) is 0.308. The molecule has 3 N–H and O–H groups in total. The third kappa shape index (κ3) is 3.31. The SMILES string of the molecule is Cc1nc(C)n(CCC(=O)Nc2cc(N)ccc2F)n1. The molecule has 2 aromatic rings. The number of nitrogens with zero attached hydrogens (tertiary/aromatic N) is 3. The van der Waals surface area contributed by atoms with Crippen LogP contribution in [0.15, 0.2) is 18.2 Å². The van der Waals surface area contributed by atoms with Crippen LogP contribution < -0.4 is 11.1 Å². The van der Waals surface area contributed by atoms with Crippen LogP contribution in [0.2, 0.25) is 0 Å². The molecule has 106 valence electrons. The molecule has 6 nitrogen and oxygen atoms in total. The number of aryl methyl sites for hydroxylation is 3. The number of carbonyl (C=O) groups excluding carboxylic acids is 1. The third-order valence-corrected chi connectivity index (χ3v) is 2.78. The highest BCUT2D eigenvalue weighted by Gasteiger charge is 2.09. The zero-order valence-corrected chi connectivity index (χ0v) is 11.4. The van der Waals surface area contributed by atoms with Crippen LogP contribution in [0.25, 0.3) is 0 Å². The quantitative estimate of drug-likeness (QED) is 0.832. The number of amides is 1. The molecule has 0 spiro atoms. The maximum Gasteiger partial charge on any atom is 0.226 e. The van der Waals surface area contributed by atoms with Crippen LogP contribution in [0.4, 0.5) is 15.8 Å². The summed E-state index contributed by atoms with van der Waals surface area (Å²) in [4.78, 5) is 15.9. The van der Waals surface area contributed by atoms with Gasteiger partial charge in [0.2, 0.25) is 5.91 Å². The van der Waals surface area contributed by atoms with Crippen molar-refractivity contribution in [3.63, 3.8) is 0 Å². The summed E-state index contributed by atoms with van der Waals surface area (Å²) in [5, 5.41) is 6.64. The number of benzene rings is 1. The molecule has 0 aliphatic carbocycles. The van der Waals surface area contributed by atoms with E-state index in [4.69, 9.17) is 5.73 Å². The van der Waals surface area contributed by atoms with Gasteiger partial charge in [0.15, 0.2) is 0 Å². The van der Waals surface area contributed by atoms with Gasteiger partial charge in [-0.15, -0.1) is 0 Å². The van der Waals surface area contributed by atoms with Gasteiger partial charge in [-0.25, -0.2) is 14.1 Å². The van der Waals surface area contributed by atoms with Gasteiger partial charge in [-0.2, -0.15) is 5.10 Å². The molecule has 0 unspecified atom stereocenters. The summed E-state index contributed by atoms with van der Waals surface area (Å²) in [5.74, 6) is 0.581. The Morgan fingerprint density at radius 2 is 2.20 bits per heavy atom. The molecular formula is C13H16FN5O. The van der Waals surface area contributed by atoms with Crippen molar-refractivity contribution in [3.8, 4) is 0 Å². The number of nitrogen functional groups attached to an aromatic ring is 1. The predicted molar refractivity (Wildman–Crippen MR) is 73.6 cm³/mol. The summed E-state index contributed by atoms with van der Waals surface area (Å²) in [6, 6.07) is 4.04. The molecule has 0 fully saturated rings. The van der Waals surface area contributed by atoms with E-state index < -0.39 is 5.82 Å². The second-order valence-electron chi connectivity index (χ2n) is 4.47. The van der Waals surface area contributed by atoms with E-state index >= 15 is 0 Å². The van der Waals surface area contributed by atoms with Crippen molar-refractivity contribution >= 4 is 17.3 Å². The summed E-state index contributed by atoms with van der Waals surface area (Å²) in [5.41, 5.74) is 6.03. The molecule has 0 aliphatic heterocycles. The molecule has 0 atom stereocenters. The van der Waals surface area contributed by atoms with Crippen molar-refractivity contribution in [2.24, 2.45) is 0 Å². The lowest BCUT2D eigenvalue weighted by atomic mass is 10.2. The Kier molecular flexibility index (Phi) is 3.97. The Morgan fingerprint density at radius 1 is 1.45 bits per heavy atom. The van der Waals surface area contributed by atoms with Gasteiger partial charge >= 0.3 is 0 Å². The molecule has 1 amide bonds. The highest BCUT2D eigenvalue weighted by atomic mass is 19.1. The largest absolute Gasteiger partial charge is 0.399 e. The maximum atomic E-state index is 13.5. The van der Waals surface area contributed by atoms with E-state index in [1.807, 2.05) is 6.92 Å². The van der Waals surface area contributed by atoms with E-state index in [1.54, 1.807) is 11.6 Å². The molecule has 0 aliphatic rings. The first-order valence-electron chi connectivity index (χ1n) is 6.18. The standard InChI is InChI=1S/C13H16FN5O/c1-8-16-9(2)19(18-8)6-5-13(20)17-12-7-10(15)3-4-11(12)14/h3-4,7H,5-6,15H2,1-2H3,(H,17,20). The van der Waals surface area contributed by atoms with E-state index in [0.717, 1.165) is 5.82 Å². The second kappa shape index (κ2) is 5.68. The van der Waals surface area contributed by atoms with Crippen LogP contribution in [-0.4, -0.2) is 20.7 Å². The van der Waals surface area contributed by atoms with Gasteiger partial charge in [-0.05, 0) is 32.0 Å². The smallest absolute Gasteiger partial charge is 0.226 e. The Hall–Kier alpha value is -2.44. The lowest BCUT2D eigenvalue weighted by molar-refractivity contribution is -0.116. The van der Waals surface area contributed by atoms with E-state index in [-0.39, 0.29) is 18.0 Å². The van der Waals surface area contributed by atoms with Crippen molar-refractivity contribution < 1.29 is 9.18 Å². The molecule has 0 bridgehead atoms.